The van der Waals surface area contributed by atoms with Gasteiger partial charge in [-0.25, -0.2) is 14.0 Å². The molecule has 9 heterocycles. The quantitative estimate of drug-likeness (QED) is 0.0210. The molecule has 6 saturated heterocycles. The summed E-state index contributed by atoms with van der Waals surface area (Å²) in [4.78, 5) is 136. The minimum absolute atomic E-state index is 0.0198. The third-order valence-corrected chi connectivity index (χ3v) is 20.9. The van der Waals surface area contributed by atoms with Crippen LogP contribution < -0.4 is 44.9 Å². The lowest BCUT2D eigenvalue weighted by atomic mass is 9.76. The highest BCUT2D eigenvalue weighted by Crippen LogP contribution is 2.49. The molecule has 6 amide bonds. The van der Waals surface area contributed by atoms with Gasteiger partial charge in [-0.3, -0.25) is 57.9 Å². The zero-order valence-corrected chi connectivity index (χ0v) is 70.8. The second-order valence-electron chi connectivity index (χ2n) is 35.2. The first kappa shape index (κ1) is 86.5. The van der Waals surface area contributed by atoms with Crippen molar-refractivity contribution in [2.24, 2.45) is 0 Å². The number of esters is 3. The van der Waals surface area contributed by atoms with Gasteiger partial charge in [0, 0.05) is 71.5 Å². The van der Waals surface area contributed by atoms with E-state index in [1.807, 2.05) is 18.2 Å². The lowest BCUT2D eigenvalue weighted by Crippen LogP contribution is -2.84. The number of aryl methyl sites for hydroxylation is 3. The third-order valence-electron chi connectivity index (χ3n) is 20.9. The predicted molar refractivity (Wildman–Crippen MR) is 426 cm³/mol. The average Bonchev–Trinajstić information content (AvgIpc) is 1.10. The number of nitrogens with one attached hydrogen (secondary N) is 3. The van der Waals surface area contributed by atoms with Crippen molar-refractivity contribution in [2.75, 3.05) is 55.8 Å². The zero-order valence-electron chi connectivity index (χ0n) is 70.8. The number of nitrogens with zero attached hydrogens (tertiary/aromatic N) is 12. The molecule has 6 aliphatic rings. The minimum Gasteiger partial charge on any atom is -0.497 e. The van der Waals surface area contributed by atoms with Crippen molar-refractivity contribution < 1.29 is 100.0 Å². The number of ether oxygens (including phenoxy) is 12. The fourth-order valence-corrected chi connectivity index (χ4v) is 15.7. The van der Waals surface area contributed by atoms with Crippen molar-refractivity contribution in [1.29, 1.82) is 0 Å². The molecular formula is C84H105N15O21. The van der Waals surface area contributed by atoms with E-state index in [4.69, 9.17) is 56.8 Å². The predicted octanol–water partition coefficient (Wildman–Crippen LogP) is 5.72. The van der Waals surface area contributed by atoms with Gasteiger partial charge in [-0.2, -0.15) is 0 Å². The number of anilines is 3. The molecule has 7 aromatic rings. The van der Waals surface area contributed by atoms with Crippen LogP contribution in [0.25, 0.3) is 0 Å². The minimum atomic E-state index is -2.37. The van der Waals surface area contributed by atoms with Crippen LogP contribution in [0, 0.1) is 0 Å². The van der Waals surface area contributed by atoms with Crippen LogP contribution in [0.2, 0.25) is 0 Å². The fraction of sp³-hybridized carbons (Fsp3) is 0.536. The Bertz CT molecular complexity index is 4520. The summed E-state index contributed by atoms with van der Waals surface area (Å²) in [5.41, 5.74) is -5.22. The smallest absolute Gasteiger partial charge is 0.307 e. The fourth-order valence-electron chi connectivity index (χ4n) is 15.7. The van der Waals surface area contributed by atoms with Crippen LogP contribution in [0.5, 0.6) is 17.2 Å². The number of amides is 6. The van der Waals surface area contributed by atoms with Gasteiger partial charge in [0.1, 0.15) is 53.7 Å². The summed E-state index contributed by atoms with van der Waals surface area (Å²) in [6.07, 6.45) is 1.20. The van der Waals surface area contributed by atoms with E-state index in [-0.39, 0.29) is 78.0 Å². The lowest BCUT2D eigenvalue weighted by Gasteiger charge is -2.55. The molecule has 6 aliphatic heterocycles. The molecule has 13 rings (SSSR count). The van der Waals surface area contributed by atoms with E-state index in [1.165, 1.54) is 36.0 Å². The van der Waals surface area contributed by atoms with Crippen molar-refractivity contribution in [3.63, 3.8) is 0 Å². The summed E-state index contributed by atoms with van der Waals surface area (Å²) in [5, 5.41) is 35.2. The van der Waals surface area contributed by atoms with Gasteiger partial charge in [-0.15, -0.1) is 15.3 Å². The van der Waals surface area contributed by atoms with Gasteiger partial charge in [-0.05, 0) is 193 Å². The Kier molecular flexibility index (Phi) is 23.8. The van der Waals surface area contributed by atoms with E-state index in [0.29, 0.717) is 68.1 Å². The van der Waals surface area contributed by atoms with Crippen LogP contribution in [0.1, 0.15) is 157 Å². The van der Waals surface area contributed by atoms with Gasteiger partial charge in [0.25, 0.3) is 52.2 Å². The monoisotopic (exact) mass is 1660 g/mol. The van der Waals surface area contributed by atoms with E-state index in [0.717, 1.165) is 0 Å². The maximum absolute atomic E-state index is 14.8. The summed E-state index contributed by atoms with van der Waals surface area (Å²) in [6, 6.07) is 22.3. The molecular weight excluding hydrogens is 1560 g/mol. The Morgan fingerprint density at radius 3 is 0.850 bits per heavy atom. The molecule has 3 N–H and O–H groups in total. The van der Waals surface area contributed by atoms with Crippen LogP contribution in [0.3, 0.4) is 0 Å². The summed E-state index contributed by atoms with van der Waals surface area (Å²) in [5.74, 6) is -9.16. The number of rotatable bonds is 30. The molecule has 0 bridgehead atoms. The maximum atomic E-state index is 14.8. The number of aromatic nitrogens is 9. The SMILES string of the molecule is COc1ccc(N2C(=O)[C@@](OC(=O)CCc3cn(Cc4cc(Cn5cc(CCC(=O)O[C@@]6(C(=O)NC(C)(C)C)C(=O)N(c7ccc(OC)cc7)[C@H]6[C@H]6COC(C)(C)O6)nn5)cc(Cn5cc(CCC(=O)O[C@@]6(C(=O)NC(C)(C)C)C(=O)N(c7ccc(OC)cc7)[C@H]6[C@H]6COC(C)(C)O6)nn5)c4)nn3)(C(=O)NC(C)(C)C)[C@@H]2[C@H]2COC(C)(C)O2)cc1. The number of methoxy groups -OCH3 is 3. The maximum Gasteiger partial charge on any atom is 0.307 e. The third kappa shape index (κ3) is 18.2. The number of carbonyl (C=O) groups excluding carboxylic acids is 9. The van der Waals surface area contributed by atoms with E-state index in [1.54, 1.807) is 209 Å². The van der Waals surface area contributed by atoms with Crippen LogP contribution in [0.15, 0.2) is 110 Å². The first-order valence-electron chi connectivity index (χ1n) is 39.7. The van der Waals surface area contributed by atoms with E-state index >= 15 is 0 Å². The molecule has 3 aromatic heterocycles. The first-order chi connectivity index (χ1) is 56.4. The van der Waals surface area contributed by atoms with E-state index < -0.39 is 141 Å². The largest absolute Gasteiger partial charge is 0.497 e. The van der Waals surface area contributed by atoms with Crippen LogP contribution in [-0.4, -0.2) is 227 Å². The Morgan fingerprint density at radius 2 is 0.642 bits per heavy atom. The number of β-lactam (4-membered cyclic amide) rings is 3. The van der Waals surface area contributed by atoms with Gasteiger partial charge in [-0.1, -0.05) is 33.8 Å². The molecule has 36 nitrogen and oxygen atoms in total. The summed E-state index contributed by atoms with van der Waals surface area (Å²) < 4.78 is 76.2. The molecule has 0 radical (unpaired) electrons. The van der Waals surface area contributed by atoms with Gasteiger partial charge >= 0.3 is 17.9 Å². The Balaban J connectivity index is 0.738. The molecule has 0 spiro atoms. The van der Waals surface area contributed by atoms with Crippen molar-refractivity contribution in [3.05, 3.63) is 143 Å². The number of hydrogen-bond donors (Lipinski definition) is 3. The van der Waals surface area contributed by atoms with Crippen molar-refractivity contribution >= 4 is 70.4 Å². The summed E-state index contributed by atoms with van der Waals surface area (Å²) >= 11 is 0. The molecule has 6 fully saturated rings. The first-order valence-corrected chi connectivity index (χ1v) is 39.7. The summed E-state index contributed by atoms with van der Waals surface area (Å²) in [6.45, 7) is 26.3. The van der Waals surface area contributed by atoms with Crippen LogP contribution >= 0.6 is 0 Å². The lowest BCUT2D eigenvalue weighted by molar-refractivity contribution is -0.196. The van der Waals surface area contributed by atoms with Gasteiger partial charge in [0.2, 0.25) is 0 Å². The van der Waals surface area contributed by atoms with E-state index in [9.17, 15) is 43.2 Å². The molecule has 9 atom stereocenters. The highest BCUT2D eigenvalue weighted by molar-refractivity contribution is 6.25. The normalized spacial score (nSPS) is 24.2. The zero-order chi connectivity index (χ0) is 86.6. The average molecular weight is 1660 g/mol. The molecule has 4 aromatic carbocycles. The highest BCUT2D eigenvalue weighted by atomic mass is 16.8. The second kappa shape index (κ2) is 33.0. The Labute approximate surface area is 694 Å². The summed E-state index contributed by atoms with van der Waals surface area (Å²) in [7, 11) is 4.54. The van der Waals surface area contributed by atoms with E-state index in [2.05, 4.69) is 46.9 Å². The number of carbonyl (C=O) groups is 9. The molecule has 0 aliphatic carbocycles. The molecule has 36 heteroatoms. The van der Waals surface area contributed by atoms with Crippen molar-refractivity contribution in [3.8, 4) is 17.2 Å². The number of benzene rings is 4. The van der Waals surface area contributed by atoms with Gasteiger partial charge in [0.15, 0.2) is 17.4 Å². The molecule has 0 saturated carbocycles. The Morgan fingerprint density at radius 1 is 0.400 bits per heavy atom. The van der Waals surface area contributed by atoms with Crippen molar-refractivity contribution in [1.82, 2.24) is 60.9 Å². The molecule has 0 unspecified atom stereocenters. The highest BCUT2D eigenvalue weighted by Gasteiger charge is 2.76. The molecule has 642 valence electrons. The standard InChI is InChI=1S/C84H105N15O21/c1-76(2,3)85-70(103)82(67(61-46-112-79(10,11)115-61)97(73(82)106)55-22-28-58(109-16)29-23-55)118-64(100)34-19-52-43-94(91-88-52)40-49-37-50(41-95-44-53(89-92-95)20-35-65(101)119-83(71(104)86-77(4,5)6)68(62-47-113-80(12,13)116-62)98(74(83)107)56-24-30-59(110-17)31-25-56)39-51(38-49)42-96-45-54(90-93-96)21-36-66(102)120-84(72(105)87-78(7,8)9)69(63-48-114-81(14,15)117-63)99(75(84)108)57-26-32-60(111-18)33-27-57/h22-33,37-39,43-45,61-63,67-69H,19-21,34-36,40-42,46-48H2,1-18H3,(H,85,103)(H,86,104)(H,87,105)/t61-,62-,63-,67+,68+,69+,82+,83+,84+/m1/s1. The second-order valence-corrected chi connectivity index (χ2v) is 35.2. The van der Waals surface area contributed by atoms with Crippen molar-refractivity contribution in [2.45, 2.75) is 249 Å². The van der Waals surface area contributed by atoms with Crippen LogP contribution in [0.4, 0.5) is 17.1 Å². The Hall–Kier alpha value is -11.3. The topological polar surface area (TPSA) is 402 Å². The van der Waals surface area contributed by atoms with Gasteiger partial charge in [0.05, 0.1) is 97.1 Å². The molecule has 120 heavy (non-hydrogen) atoms. The van der Waals surface area contributed by atoms with Gasteiger partial charge < -0.3 is 72.8 Å². The van der Waals surface area contributed by atoms with Crippen LogP contribution in [-0.2, 0) is 125 Å². The number of hydrogen-bond acceptors (Lipinski definition) is 27.